The molecule has 0 saturated carbocycles. The maximum atomic E-state index is 12.6. The highest BCUT2D eigenvalue weighted by atomic mass is 16.5. The van der Waals surface area contributed by atoms with E-state index in [2.05, 4.69) is 29.5 Å². The number of anilines is 3. The molecule has 0 unspecified atom stereocenters. The summed E-state index contributed by atoms with van der Waals surface area (Å²) >= 11 is 0. The molecule has 0 aliphatic rings. The van der Waals surface area contributed by atoms with E-state index >= 15 is 0 Å². The first kappa shape index (κ1) is 20.2. The number of para-hydroxylation sites is 1. The van der Waals surface area contributed by atoms with Crippen LogP contribution in [0.25, 0.3) is 0 Å². The molecule has 3 rings (SSSR count). The summed E-state index contributed by atoms with van der Waals surface area (Å²) in [4.78, 5) is 17.0. The smallest absolute Gasteiger partial charge is 0.257 e. The van der Waals surface area contributed by atoms with Crippen molar-refractivity contribution in [2.24, 2.45) is 0 Å². The van der Waals surface area contributed by atoms with Gasteiger partial charge in [-0.05, 0) is 41.8 Å². The zero-order valence-electron chi connectivity index (χ0n) is 17.0. The highest BCUT2D eigenvalue weighted by molar-refractivity contribution is 6.04. The first-order valence-corrected chi connectivity index (χ1v) is 9.37. The van der Waals surface area contributed by atoms with Crippen molar-refractivity contribution in [3.8, 4) is 11.5 Å². The highest BCUT2D eigenvalue weighted by Crippen LogP contribution is 2.31. The number of pyridine rings is 1. The van der Waals surface area contributed by atoms with Gasteiger partial charge in [-0.2, -0.15) is 0 Å². The van der Waals surface area contributed by atoms with Gasteiger partial charge < -0.3 is 20.1 Å². The largest absolute Gasteiger partial charge is 0.493 e. The molecule has 0 aliphatic heterocycles. The van der Waals surface area contributed by atoms with Gasteiger partial charge in [0.1, 0.15) is 5.82 Å². The quantitative estimate of drug-likeness (QED) is 0.578. The molecule has 0 spiro atoms. The van der Waals surface area contributed by atoms with Crippen LogP contribution in [-0.2, 0) is 0 Å². The van der Waals surface area contributed by atoms with E-state index in [-0.39, 0.29) is 5.91 Å². The van der Waals surface area contributed by atoms with Crippen molar-refractivity contribution < 1.29 is 14.3 Å². The van der Waals surface area contributed by atoms with Crippen molar-refractivity contribution in [3.05, 3.63) is 71.9 Å². The summed E-state index contributed by atoms with van der Waals surface area (Å²) in [6.07, 6.45) is 1.55. The summed E-state index contributed by atoms with van der Waals surface area (Å²) in [5.41, 5.74) is 3.21. The summed E-state index contributed by atoms with van der Waals surface area (Å²) < 4.78 is 10.6. The van der Waals surface area contributed by atoms with Crippen molar-refractivity contribution in [1.29, 1.82) is 0 Å². The van der Waals surface area contributed by atoms with Crippen LogP contribution in [0.2, 0.25) is 0 Å². The van der Waals surface area contributed by atoms with Gasteiger partial charge >= 0.3 is 0 Å². The average molecular weight is 391 g/mol. The van der Waals surface area contributed by atoms with Crippen molar-refractivity contribution in [3.63, 3.8) is 0 Å². The number of amides is 1. The molecule has 1 amide bonds. The van der Waals surface area contributed by atoms with Crippen LogP contribution in [-0.4, -0.2) is 25.1 Å². The Balaban J connectivity index is 1.71. The van der Waals surface area contributed by atoms with Gasteiger partial charge in [0.15, 0.2) is 11.5 Å². The van der Waals surface area contributed by atoms with Crippen LogP contribution in [0.15, 0.2) is 60.8 Å². The maximum Gasteiger partial charge on any atom is 0.257 e. The Morgan fingerprint density at radius 2 is 1.72 bits per heavy atom. The van der Waals surface area contributed by atoms with Crippen molar-refractivity contribution in [1.82, 2.24) is 4.98 Å². The van der Waals surface area contributed by atoms with Gasteiger partial charge in [-0.1, -0.05) is 32.0 Å². The molecule has 1 aromatic heterocycles. The number of carbonyl (C=O) groups excluding carboxylic acids is 1. The second kappa shape index (κ2) is 9.10. The molecule has 0 saturated heterocycles. The summed E-state index contributed by atoms with van der Waals surface area (Å²) in [6.45, 7) is 4.20. The predicted octanol–water partition coefficient (Wildman–Crippen LogP) is 5.22. The number of nitrogens with one attached hydrogen (secondary N) is 2. The molecule has 6 heteroatoms. The molecule has 0 atom stereocenters. The Kier molecular flexibility index (Phi) is 6.34. The molecular formula is C23H25N3O3. The van der Waals surface area contributed by atoms with Gasteiger partial charge in [0.2, 0.25) is 0 Å². The Bertz CT molecular complexity index is 985. The number of nitrogens with zero attached hydrogens (tertiary/aromatic N) is 1. The number of methoxy groups -OCH3 is 2. The summed E-state index contributed by atoms with van der Waals surface area (Å²) in [5.74, 6) is 2.02. The number of rotatable bonds is 7. The van der Waals surface area contributed by atoms with E-state index in [1.807, 2.05) is 42.5 Å². The molecule has 6 nitrogen and oxygen atoms in total. The average Bonchev–Trinajstić information content (AvgIpc) is 2.74. The molecule has 1 heterocycles. The highest BCUT2D eigenvalue weighted by Gasteiger charge is 2.12. The topological polar surface area (TPSA) is 72.5 Å². The molecule has 3 aromatic rings. The number of carbonyl (C=O) groups is 1. The SMILES string of the molecule is COc1ccc(Nc2ccc(C(=O)Nc3ccccc3C(C)C)cn2)cc1OC. The van der Waals surface area contributed by atoms with E-state index in [9.17, 15) is 4.79 Å². The predicted molar refractivity (Wildman–Crippen MR) is 116 cm³/mol. The van der Waals surface area contributed by atoms with E-state index in [4.69, 9.17) is 9.47 Å². The van der Waals surface area contributed by atoms with Crippen molar-refractivity contribution in [2.75, 3.05) is 24.9 Å². The van der Waals surface area contributed by atoms with Crippen LogP contribution < -0.4 is 20.1 Å². The van der Waals surface area contributed by atoms with Crippen LogP contribution in [0.1, 0.15) is 35.7 Å². The fourth-order valence-electron chi connectivity index (χ4n) is 2.97. The van der Waals surface area contributed by atoms with E-state index in [0.717, 1.165) is 16.9 Å². The normalized spacial score (nSPS) is 10.5. The Labute approximate surface area is 170 Å². The molecule has 0 radical (unpaired) electrons. The minimum absolute atomic E-state index is 0.191. The van der Waals surface area contributed by atoms with Crippen molar-refractivity contribution >= 4 is 23.1 Å². The fraction of sp³-hybridized carbons (Fsp3) is 0.217. The molecule has 0 bridgehead atoms. The number of aromatic nitrogens is 1. The third-order valence-electron chi connectivity index (χ3n) is 4.51. The van der Waals surface area contributed by atoms with E-state index in [0.29, 0.717) is 28.8 Å². The standard InChI is InChI=1S/C23H25N3O3/c1-15(2)18-7-5-6-8-19(18)26-23(27)16-9-12-22(24-14-16)25-17-10-11-20(28-3)21(13-17)29-4/h5-15H,1-4H3,(H,24,25)(H,26,27). The number of hydrogen-bond donors (Lipinski definition) is 2. The van der Waals surface area contributed by atoms with Gasteiger partial charge in [0, 0.05) is 23.6 Å². The van der Waals surface area contributed by atoms with Gasteiger partial charge in [0.25, 0.3) is 5.91 Å². The van der Waals surface area contributed by atoms with Crippen LogP contribution in [0.3, 0.4) is 0 Å². The molecule has 29 heavy (non-hydrogen) atoms. The molecule has 150 valence electrons. The van der Waals surface area contributed by atoms with Gasteiger partial charge in [-0.3, -0.25) is 4.79 Å². The number of hydrogen-bond acceptors (Lipinski definition) is 5. The second-order valence-corrected chi connectivity index (χ2v) is 6.82. The minimum Gasteiger partial charge on any atom is -0.493 e. The molecule has 2 N–H and O–H groups in total. The minimum atomic E-state index is -0.191. The Morgan fingerprint density at radius 1 is 0.966 bits per heavy atom. The van der Waals surface area contributed by atoms with Crippen molar-refractivity contribution in [2.45, 2.75) is 19.8 Å². The zero-order valence-corrected chi connectivity index (χ0v) is 17.0. The summed E-state index contributed by atoms with van der Waals surface area (Å²) in [6, 6.07) is 16.8. The first-order valence-electron chi connectivity index (χ1n) is 9.37. The maximum absolute atomic E-state index is 12.6. The van der Waals surface area contributed by atoms with Gasteiger partial charge in [-0.15, -0.1) is 0 Å². The molecule has 2 aromatic carbocycles. The lowest BCUT2D eigenvalue weighted by Gasteiger charge is -2.14. The lowest BCUT2D eigenvalue weighted by Crippen LogP contribution is -2.14. The fourth-order valence-corrected chi connectivity index (χ4v) is 2.97. The van der Waals surface area contributed by atoms with E-state index in [1.165, 1.54) is 0 Å². The van der Waals surface area contributed by atoms with Gasteiger partial charge in [-0.25, -0.2) is 4.98 Å². The lowest BCUT2D eigenvalue weighted by atomic mass is 10.0. The number of ether oxygens (including phenoxy) is 2. The van der Waals surface area contributed by atoms with E-state index in [1.54, 1.807) is 32.5 Å². The zero-order chi connectivity index (χ0) is 20.8. The van der Waals surface area contributed by atoms with Crippen LogP contribution in [0.4, 0.5) is 17.2 Å². The van der Waals surface area contributed by atoms with Gasteiger partial charge in [0.05, 0.1) is 19.8 Å². The monoisotopic (exact) mass is 391 g/mol. The van der Waals surface area contributed by atoms with Crippen LogP contribution in [0.5, 0.6) is 11.5 Å². The lowest BCUT2D eigenvalue weighted by molar-refractivity contribution is 0.102. The Hall–Kier alpha value is -3.54. The third kappa shape index (κ3) is 4.85. The second-order valence-electron chi connectivity index (χ2n) is 6.82. The molecule has 0 aliphatic carbocycles. The summed E-state index contributed by atoms with van der Waals surface area (Å²) in [7, 11) is 3.18. The van der Waals surface area contributed by atoms with Crippen LogP contribution in [0, 0.1) is 0 Å². The summed E-state index contributed by atoms with van der Waals surface area (Å²) in [5, 5.41) is 6.17. The van der Waals surface area contributed by atoms with Crippen LogP contribution >= 0.6 is 0 Å². The third-order valence-corrected chi connectivity index (χ3v) is 4.51. The van der Waals surface area contributed by atoms with E-state index < -0.39 is 0 Å². The molecular weight excluding hydrogens is 366 g/mol. The first-order chi connectivity index (χ1) is 14.0. The molecule has 0 fully saturated rings. The number of benzene rings is 2. The Morgan fingerprint density at radius 3 is 2.38 bits per heavy atom.